The number of hydrogen-bond acceptors (Lipinski definition) is 5. The monoisotopic (exact) mass is 395 g/mol. The van der Waals surface area contributed by atoms with E-state index in [-0.39, 0.29) is 13.2 Å². The number of aliphatic hydroxyl groups excluding tert-OH is 1. The summed E-state index contributed by atoms with van der Waals surface area (Å²) >= 11 is 0. The van der Waals surface area contributed by atoms with Gasteiger partial charge >= 0.3 is 5.97 Å². The predicted molar refractivity (Wildman–Crippen MR) is 114 cm³/mol. The van der Waals surface area contributed by atoms with Crippen LogP contribution < -0.4 is 0 Å². The Labute approximate surface area is 172 Å². The lowest BCUT2D eigenvalue weighted by molar-refractivity contribution is -0.139. The Kier molecular flexibility index (Phi) is 8.16. The lowest BCUT2D eigenvalue weighted by atomic mass is 9.81. The van der Waals surface area contributed by atoms with Gasteiger partial charge in [0.05, 0.1) is 18.4 Å². The van der Waals surface area contributed by atoms with E-state index in [1.54, 1.807) is 19.1 Å². The van der Waals surface area contributed by atoms with Crippen molar-refractivity contribution in [2.75, 3.05) is 6.61 Å². The average Bonchev–Trinajstić information content (AvgIpc) is 2.70. The van der Waals surface area contributed by atoms with E-state index in [9.17, 15) is 9.90 Å². The van der Waals surface area contributed by atoms with Crippen molar-refractivity contribution in [1.82, 2.24) is 0 Å². The molecule has 2 aromatic rings. The number of ether oxygens (including phenoxy) is 1. The Balaban J connectivity index is 2.40. The fourth-order valence-electron chi connectivity index (χ4n) is 2.93. The molecule has 29 heavy (non-hydrogen) atoms. The van der Waals surface area contributed by atoms with Gasteiger partial charge in [-0.1, -0.05) is 86.6 Å². The number of rotatable bonds is 8. The van der Waals surface area contributed by atoms with E-state index in [4.69, 9.17) is 9.57 Å². The number of carbonyl (C=O) groups excluding carboxylic acids is 1. The van der Waals surface area contributed by atoms with Crippen LogP contribution in [-0.4, -0.2) is 23.9 Å². The van der Waals surface area contributed by atoms with Gasteiger partial charge in [-0.2, -0.15) is 0 Å². The van der Waals surface area contributed by atoms with Gasteiger partial charge in [0.2, 0.25) is 0 Å². The highest BCUT2D eigenvalue weighted by molar-refractivity contribution is 5.98. The highest BCUT2D eigenvalue weighted by Gasteiger charge is 2.31. The van der Waals surface area contributed by atoms with Crippen LogP contribution in [0.4, 0.5) is 0 Å². The molecule has 0 aliphatic heterocycles. The number of benzene rings is 2. The predicted octanol–water partition coefficient (Wildman–Crippen LogP) is 4.83. The maximum atomic E-state index is 12.7. The molecule has 0 spiro atoms. The third kappa shape index (κ3) is 6.57. The van der Waals surface area contributed by atoms with Crippen molar-refractivity contribution in [1.29, 1.82) is 0 Å². The molecule has 0 radical (unpaired) electrons. The van der Waals surface area contributed by atoms with Crippen molar-refractivity contribution in [3.8, 4) is 0 Å². The summed E-state index contributed by atoms with van der Waals surface area (Å²) in [6.07, 6.45) is 0.372. The Morgan fingerprint density at radius 2 is 1.66 bits per heavy atom. The molecule has 1 unspecified atom stereocenters. The Bertz CT molecular complexity index is 836. The first-order valence-electron chi connectivity index (χ1n) is 9.68. The van der Waals surface area contributed by atoms with Gasteiger partial charge < -0.3 is 14.7 Å². The van der Waals surface area contributed by atoms with Gasteiger partial charge in [-0.05, 0) is 23.5 Å². The second-order valence-corrected chi connectivity index (χ2v) is 7.61. The molecule has 0 aliphatic rings. The molecular formula is C24H29NO4. The zero-order valence-electron chi connectivity index (χ0n) is 17.5. The SMILES string of the molecule is CCOC(=O)/C(=C(\C=N\OCc1ccccc1)C(O)c1ccccc1)C(C)(C)C. The zero-order valence-corrected chi connectivity index (χ0v) is 17.5. The molecule has 0 amide bonds. The largest absolute Gasteiger partial charge is 0.463 e. The summed E-state index contributed by atoms with van der Waals surface area (Å²) in [6.45, 7) is 7.98. The van der Waals surface area contributed by atoms with Crippen molar-refractivity contribution in [3.63, 3.8) is 0 Å². The number of carbonyl (C=O) groups is 1. The van der Waals surface area contributed by atoms with E-state index < -0.39 is 17.5 Å². The van der Waals surface area contributed by atoms with Crippen molar-refractivity contribution in [3.05, 3.63) is 82.9 Å². The first-order chi connectivity index (χ1) is 13.8. The van der Waals surface area contributed by atoms with Crippen LogP contribution in [0.15, 0.2) is 77.0 Å². The van der Waals surface area contributed by atoms with Crippen LogP contribution in [0.5, 0.6) is 0 Å². The molecule has 1 N–H and O–H groups in total. The van der Waals surface area contributed by atoms with E-state index in [0.717, 1.165) is 5.56 Å². The zero-order chi connectivity index (χ0) is 21.3. The Hall–Kier alpha value is -2.92. The number of nitrogens with zero attached hydrogens (tertiary/aromatic N) is 1. The molecular weight excluding hydrogens is 366 g/mol. The normalized spacial score (nSPS) is 13.7. The maximum Gasteiger partial charge on any atom is 0.334 e. The van der Waals surface area contributed by atoms with Crippen molar-refractivity contribution < 1.29 is 19.5 Å². The van der Waals surface area contributed by atoms with Gasteiger partial charge in [-0.25, -0.2) is 4.79 Å². The van der Waals surface area contributed by atoms with Crippen LogP contribution in [0.1, 0.15) is 44.9 Å². The first-order valence-corrected chi connectivity index (χ1v) is 9.68. The number of aliphatic hydroxyl groups is 1. The molecule has 0 aromatic heterocycles. The molecule has 2 aromatic carbocycles. The first kappa shape index (κ1) is 22.4. The minimum absolute atomic E-state index is 0.245. The average molecular weight is 395 g/mol. The molecule has 5 nitrogen and oxygen atoms in total. The summed E-state index contributed by atoms with van der Waals surface area (Å²) < 4.78 is 5.26. The minimum Gasteiger partial charge on any atom is -0.463 e. The number of hydrogen-bond donors (Lipinski definition) is 1. The summed E-state index contributed by atoms with van der Waals surface area (Å²) in [5.74, 6) is -0.473. The molecule has 0 saturated heterocycles. The van der Waals surface area contributed by atoms with Crippen LogP contribution in [0, 0.1) is 5.41 Å². The van der Waals surface area contributed by atoms with E-state index in [1.165, 1.54) is 6.21 Å². The van der Waals surface area contributed by atoms with Crippen LogP contribution in [0.25, 0.3) is 0 Å². The maximum absolute atomic E-state index is 12.7. The van der Waals surface area contributed by atoms with Crippen LogP contribution >= 0.6 is 0 Å². The standard InChI is InChI=1S/C24H29NO4/c1-5-28-23(27)21(24(2,3)4)20(22(26)19-14-10-7-11-15-19)16-25-29-17-18-12-8-6-9-13-18/h6-16,22,26H,5,17H2,1-4H3/b21-20-,25-16+. The molecule has 0 aliphatic carbocycles. The third-order valence-corrected chi connectivity index (χ3v) is 4.27. The van der Waals surface area contributed by atoms with E-state index in [0.29, 0.717) is 16.7 Å². The minimum atomic E-state index is -1.04. The number of oxime groups is 1. The molecule has 5 heteroatoms. The van der Waals surface area contributed by atoms with Gasteiger partial charge in [0.1, 0.15) is 12.7 Å². The number of esters is 1. The topological polar surface area (TPSA) is 68.1 Å². The van der Waals surface area contributed by atoms with Gasteiger partial charge in [-0.3, -0.25) is 0 Å². The third-order valence-electron chi connectivity index (χ3n) is 4.27. The highest BCUT2D eigenvalue weighted by Crippen LogP contribution is 2.34. The van der Waals surface area contributed by atoms with Gasteiger partial charge in [0.15, 0.2) is 0 Å². The summed E-state index contributed by atoms with van der Waals surface area (Å²) in [4.78, 5) is 18.1. The second-order valence-electron chi connectivity index (χ2n) is 7.61. The van der Waals surface area contributed by atoms with Gasteiger partial charge in [-0.15, -0.1) is 0 Å². The quantitative estimate of drug-likeness (QED) is 0.301. The van der Waals surface area contributed by atoms with Crippen molar-refractivity contribution >= 4 is 12.2 Å². The van der Waals surface area contributed by atoms with Crippen molar-refractivity contribution in [2.45, 2.75) is 40.4 Å². The van der Waals surface area contributed by atoms with Gasteiger partial charge in [0, 0.05) is 5.57 Å². The Morgan fingerprint density at radius 3 is 2.21 bits per heavy atom. The van der Waals surface area contributed by atoms with Crippen molar-refractivity contribution in [2.24, 2.45) is 10.6 Å². The fraction of sp³-hybridized carbons (Fsp3) is 0.333. The summed E-state index contributed by atoms with van der Waals surface area (Å²) in [6, 6.07) is 18.8. The lowest BCUT2D eigenvalue weighted by Crippen LogP contribution is -2.25. The molecule has 154 valence electrons. The summed E-state index contributed by atoms with van der Waals surface area (Å²) in [5, 5.41) is 15.1. The molecule has 2 rings (SSSR count). The van der Waals surface area contributed by atoms with Crippen LogP contribution in [0.3, 0.4) is 0 Å². The molecule has 0 saturated carbocycles. The lowest BCUT2D eigenvalue weighted by Gasteiger charge is -2.26. The molecule has 1 atom stereocenters. The Morgan fingerprint density at radius 1 is 1.07 bits per heavy atom. The van der Waals surface area contributed by atoms with Gasteiger partial charge in [0.25, 0.3) is 0 Å². The fourth-order valence-corrected chi connectivity index (χ4v) is 2.93. The second kappa shape index (κ2) is 10.6. The van der Waals surface area contributed by atoms with E-state index in [1.807, 2.05) is 69.3 Å². The molecule has 0 heterocycles. The molecule has 0 bridgehead atoms. The highest BCUT2D eigenvalue weighted by atomic mass is 16.6. The summed E-state index contributed by atoms with van der Waals surface area (Å²) in [5.41, 5.74) is 1.78. The van der Waals surface area contributed by atoms with Crippen LogP contribution in [0.2, 0.25) is 0 Å². The smallest absolute Gasteiger partial charge is 0.334 e. The molecule has 0 fully saturated rings. The van der Waals surface area contributed by atoms with Crippen LogP contribution in [-0.2, 0) is 21.0 Å². The van der Waals surface area contributed by atoms with E-state index >= 15 is 0 Å². The summed E-state index contributed by atoms with van der Waals surface area (Å²) in [7, 11) is 0. The van der Waals surface area contributed by atoms with E-state index in [2.05, 4.69) is 5.16 Å².